The summed E-state index contributed by atoms with van der Waals surface area (Å²) in [6.07, 6.45) is 3.49. The quantitative estimate of drug-likeness (QED) is 0.453. The van der Waals surface area contributed by atoms with Gasteiger partial charge >= 0.3 is 5.97 Å². The minimum atomic E-state index is -0.490. The van der Waals surface area contributed by atoms with Gasteiger partial charge in [-0.05, 0) is 48.7 Å². The van der Waals surface area contributed by atoms with Gasteiger partial charge in [-0.3, -0.25) is 9.59 Å². The second-order valence-electron chi connectivity index (χ2n) is 4.36. The molecule has 1 aliphatic rings. The summed E-state index contributed by atoms with van der Waals surface area (Å²) in [6, 6.07) is 3.26. The zero-order valence-electron chi connectivity index (χ0n) is 12.7. The molecule has 0 atom stereocenters. The van der Waals surface area contributed by atoms with Crippen LogP contribution in [0.3, 0.4) is 0 Å². The Kier molecular flexibility index (Phi) is 6.15. The molecule has 0 radical (unpaired) electrons. The van der Waals surface area contributed by atoms with Gasteiger partial charge in [0.1, 0.15) is 10.1 Å². The normalized spacial score (nSPS) is 15.7. The highest BCUT2D eigenvalue weighted by atomic mass is 35.5. The van der Waals surface area contributed by atoms with Crippen molar-refractivity contribution in [2.75, 3.05) is 12.9 Å². The maximum Gasteiger partial charge on any atom is 0.308 e. The molecule has 122 valence electrons. The number of hydrogen-bond acceptors (Lipinski definition) is 7. The van der Waals surface area contributed by atoms with E-state index >= 15 is 0 Å². The molecule has 23 heavy (non-hydrogen) atoms. The monoisotopic (exact) mass is 371 g/mol. The van der Waals surface area contributed by atoms with E-state index in [0.717, 1.165) is 11.8 Å². The molecule has 2 rings (SSSR count). The van der Waals surface area contributed by atoms with E-state index in [-0.39, 0.29) is 15.9 Å². The van der Waals surface area contributed by atoms with Gasteiger partial charge in [-0.15, -0.1) is 11.8 Å². The first-order valence-corrected chi connectivity index (χ1v) is 9.07. The number of carbonyl (C=O) groups is 2. The highest BCUT2D eigenvalue weighted by molar-refractivity contribution is 8.45. The Labute approximate surface area is 147 Å². The first-order chi connectivity index (χ1) is 10.9. The minimum Gasteiger partial charge on any atom is -0.490 e. The molecule has 8 heteroatoms. The summed E-state index contributed by atoms with van der Waals surface area (Å²) in [7, 11) is 0. The van der Waals surface area contributed by atoms with Gasteiger partial charge in [0.15, 0.2) is 11.5 Å². The molecule has 5 nitrogen and oxygen atoms in total. The highest BCUT2D eigenvalue weighted by Gasteiger charge is 2.22. The van der Waals surface area contributed by atoms with E-state index in [1.165, 1.54) is 18.7 Å². The van der Waals surface area contributed by atoms with Gasteiger partial charge in [0.25, 0.3) is 0 Å². The average Bonchev–Trinajstić information content (AvgIpc) is 2.83. The van der Waals surface area contributed by atoms with Crippen molar-refractivity contribution in [1.82, 2.24) is 0 Å². The van der Waals surface area contributed by atoms with Crippen molar-refractivity contribution in [3.8, 4) is 11.5 Å². The Morgan fingerprint density at radius 2 is 2.22 bits per heavy atom. The number of benzene rings is 1. The predicted molar refractivity (Wildman–Crippen MR) is 95.5 cm³/mol. The van der Waals surface area contributed by atoms with Crippen molar-refractivity contribution in [1.29, 1.82) is 0 Å². The second-order valence-corrected chi connectivity index (χ2v) is 6.78. The summed E-state index contributed by atoms with van der Waals surface area (Å²) in [5.41, 5.74) is 0.988. The smallest absolute Gasteiger partial charge is 0.308 e. The summed E-state index contributed by atoms with van der Waals surface area (Å²) < 4.78 is 11.3. The Balaban J connectivity index is 2.43. The van der Waals surface area contributed by atoms with Crippen molar-refractivity contribution in [2.45, 2.75) is 13.8 Å². The van der Waals surface area contributed by atoms with Crippen LogP contribution in [0.4, 0.5) is 0 Å². The Hall–Kier alpha value is -1.44. The molecule has 0 saturated carbocycles. The Morgan fingerprint density at radius 3 is 2.78 bits per heavy atom. The van der Waals surface area contributed by atoms with Gasteiger partial charge in [-0.2, -0.15) is 0 Å². The third-order valence-corrected chi connectivity index (χ3v) is 4.79. The van der Waals surface area contributed by atoms with E-state index in [1.54, 1.807) is 18.2 Å². The molecule has 1 heterocycles. The molecule has 1 aromatic rings. The molecular weight excluding hydrogens is 358 g/mol. The van der Waals surface area contributed by atoms with Gasteiger partial charge in [0, 0.05) is 6.92 Å². The SMILES string of the molecule is CCOc1cc(/C=C2\N=C(SC)SC2=O)cc(Cl)c1OC(C)=O. The van der Waals surface area contributed by atoms with E-state index in [9.17, 15) is 9.59 Å². The Morgan fingerprint density at radius 1 is 1.48 bits per heavy atom. The lowest BCUT2D eigenvalue weighted by molar-refractivity contribution is -0.132. The number of halogens is 1. The number of carbonyl (C=O) groups excluding carboxylic acids is 2. The minimum absolute atomic E-state index is 0.118. The van der Waals surface area contributed by atoms with Gasteiger partial charge in [-0.1, -0.05) is 11.6 Å². The number of esters is 1. The lowest BCUT2D eigenvalue weighted by atomic mass is 10.1. The zero-order chi connectivity index (χ0) is 17.0. The van der Waals surface area contributed by atoms with E-state index in [1.807, 2.05) is 13.2 Å². The molecule has 0 saturated heterocycles. The molecular formula is C15H14ClNO4S2. The molecule has 0 N–H and O–H groups in total. The van der Waals surface area contributed by atoms with Crippen molar-refractivity contribution >= 4 is 56.7 Å². The number of rotatable bonds is 4. The molecule has 0 fully saturated rings. The third-order valence-electron chi connectivity index (χ3n) is 2.66. The maximum absolute atomic E-state index is 11.9. The van der Waals surface area contributed by atoms with Crippen LogP contribution in [-0.4, -0.2) is 28.3 Å². The fraction of sp³-hybridized carbons (Fsp3) is 0.267. The fourth-order valence-electron chi connectivity index (χ4n) is 1.81. The molecule has 1 aromatic carbocycles. The van der Waals surface area contributed by atoms with Crippen LogP contribution in [0, 0.1) is 0 Å². The topological polar surface area (TPSA) is 65.0 Å². The number of nitrogens with zero attached hydrogens (tertiary/aromatic N) is 1. The number of ether oxygens (including phenoxy) is 2. The van der Waals surface area contributed by atoms with Crippen LogP contribution in [0.5, 0.6) is 11.5 Å². The maximum atomic E-state index is 11.9. The average molecular weight is 372 g/mol. The van der Waals surface area contributed by atoms with E-state index in [0.29, 0.717) is 28.0 Å². The lowest BCUT2D eigenvalue weighted by Gasteiger charge is -2.12. The molecule has 0 spiro atoms. The van der Waals surface area contributed by atoms with Crippen LogP contribution in [0.2, 0.25) is 5.02 Å². The Bertz CT molecular complexity index is 716. The molecule has 1 aliphatic heterocycles. The van der Waals surface area contributed by atoms with Crippen molar-refractivity contribution in [2.24, 2.45) is 4.99 Å². The van der Waals surface area contributed by atoms with Crippen LogP contribution in [0.25, 0.3) is 6.08 Å². The zero-order valence-corrected chi connectivity index (χ0v) is 15.1. The van der Waals surface area contributed by atoms with Crippen LogP contribution in [0.15, 0.2) is 22.8 Å². The van der Waals surface area contributed by atoms with Crippen LogP contribution >= 0.6 is 35.1 Å². The van der Waals surface area contributed by atoms with Gasteiger partial charge in [0.05, 0.1) is 11.6 Å². The summed E-state index contributed by atoms with van der Waals surface area (Å²) in [6.45, 7) is 3.48. The van der Waals surface area contributed by atoms with Crippen molar-refractivity contribution in [3.63, 3.8) is 0 Å². The van der Waals surface area contributed by atoms with E-state index in [2.05, 4.69) is 4.99 Å². The third kappa shape index (κ3) is 4.53. The van der Waals surface area contributed by atoms with Crippen LogP contribution < -0.4 is 9.47 Å². The summed E-state index contributed by atoms with van der Waals surface area (Å²) >= 11 is 8.69. The first kappa shape index (κ1) is 17.9. The van der Waals surface area contributed by atoms with Crippen molar-refractivity contribution in [3.05, 3.63) is 28.4 Å². The predicted octanol–water partition coefficient (Wildman–Crippen LogP) is 4.00. The second kappa shape index (κ2) is 7.90. The highest BCUT2D eigenvalue weighted by Crippen LogP contribution is 2.38. The number of aliphatic imine (C=N–C) groups is 1. The first-order valence-electron chi connectivity index (χ1n) is 6.66. The summed E-state index contributed by atoms with van der Waals surface area (Å²) in [5, 5.41) is 0.109. The molecule has 0 aromatic heterocycles. The molecule has 0 bridgehead atoms. The molecule has 0 unspecified atom stereocenters. The number of hydrogen-bond donors (Lipinski definition) is 0. The van der Waals surface area contributed by atoms with E-state index < -0.39 is 5.97 Å². The largest absolute Gasteiger partial charge is 0.490 e. The van der Waals surface area contributed by atoms with Gasteiger partial charge < -0.3 is 9.47 Å². The lowest BCUT2D eigenvalue weighted by Crippen LogP contribution is -2.05. The van der Waals surface area contributed by atoms with Crippen LogP contribution in [-0.2, 0) is 9.59 Å². The molecule has 0 amide bonds. The van der Waals surface area contributed by atoms with Gasteiger partial charge in [0.2, 0.25) is 5.12 Å². The molecule has 0 aliphatic carbocycles. The van der Waals surface area contributed by atoms with Crippen LogP contribution in [0.1, 0.15) is 19.4 Å². The van der Waals surface area contributed by atoms with Gasteiger partial charge in [-0.25, -0.2) is 4.99 Å². The van der Waals surface area contributed by atoms with E-state index in [4.69, 9.17) is 21.1 Å². The fourth-order valence-corrected chi connectivity index (χ4v) is 3.33. The number of thioether (sulfide) groups is 2. The summed E-state index contributed by atoms with van der Waals surface area (Å²) in [5.74, 6) is 0.0216. The van der Waals surface area contributed by atoms with Crippen molar-refractivity contribution < 1.29 is 19.1 Å². The summed E-state index contributed by atoms with van der Waals surface area (Å²) in [4.78, 5) is 27.3. The standard InChI is InChI=1S/C15H14ClNO4S2/c1-4-20-12-7-9(5-10(16)13(12)21-8(2)18)6-11-14(19)23-15(17-11)22-3/h5-7H,4H2,1-3H3/b11-6-.